The van der Waals surface area contributed by atoms with E-state index in [0.717, 1.165) is 6.07 Å². The predicted octanol–water partition coefficient (Wildman–Crippen LogP) is 2.87. The van der Waals surface area contributed by atoms with Gasteiger partial charge in [-0.15, -0.1) is 0 Å². The highest BCUT2D eigenvalue weighted by Crippen LogP contribution is 2.32. The van der Waals surface area contributed by atoms with E-state index >= 15 is 0 Å². The van der Waals surface area contributed by atoms with E-state index in [0.29, 0.717) is 0 Å². The van der Waals surface area contributed by atoms with Crippen LogP contribution < -0.4 is 0 Å². The Balaban J connectivity index is 1.95. The first-order valence-corrected chi connectivity index (χ1v) is 6.79. The van der Waals surface area contributed by atoms with E-state index in [4.69, 9.17) is 4.74 Å². The van der Waals surface area contributed by atoms with Gasteiger partial charge in [-0.25, -0.2) is 13.6 Å². The smallest absolute Gasteiger partial charge is 0.410 e. The molecule has 0 saturated carbocycles. The maximum Gasteiger partial charge on any atom is 0.410 e. The van der Waals surface area contributed by atoms with Gasteiger partial charge in [0, 0.05) is 24.6 Å². The first kappa shape index (κ1) is 15.7. The van der Waals surface area contributed by atoms with Crippen molar-refractivity contribution in [3.63, 3.8) is 0 Å². The Labute approximate surface area is 122 Å². The Kier molecular flexibility index (Phi) is 4.18. The van der Waals surface area contributed by atoms with Gasteiger partial charge in [-0.05, 0) is 26.8 Å². The number of rotatable bonds is 2. The second-order valence-electron chi connectivity index (χ2n) is 6.23. The van der Waals surface area contributed by atoms with Gasteiger partial charge in [0.15, 0.2) is 11.6 Å². The number of likely N-dealkylation sites (tertiary alicyclic amines) is 1. The van der Waals surface area contributed by atoms with Crippen molar-refractivity contribution in [2.45, 2.75) is 32.5 Å². The van der Waals surface area contributed by atoms with E-state index in [1.807, 2.05) is 0 Å². The number of hydrogen-bond donors (Lipinski definition) is 1. The van der Waals surface area contributed by atoms with Crippen LogP contribution in [0, 0.1) is 17.6 Å². The first-order valence-electron chi connectivity index (χ1n) is 6.79. The van der Waals surface area contributed by atoms with E-state index in [-0.39, 0.29) is 24.6 Å². The van der Waals surface area contributed by atoms with Gasteiger partial charge in [0.1, 0.15) is 5.60 Å². The summed E-state index contributed by atoms with van der Waals surface area (Å²) in [5.74, 6) is -2.36. The quantitative estimate of drug-likeness (QED) is 0.913. The molecule has 1 unspecified atom stereocenters. The number of amides is 1. The Hall–Kier alpha value is -1.69. The van der Waals surface area contributed by atoms with Gasteiger partial charge in [-0.2, -0.15) is 0 Å². The van der Waals surface area contributed by atoms with Crippen molar-refractivity contribution in [2.75, 3.05) is 13.1 Å². The van der Waals surface area contributed by atoms with Crippen molar-refractivity contribution in [3.8, 4) is 0 Å². The number of halogens is 2. The topological polar surface area (TPSA) is 49.8 Å². The largest absolute Gasteiger partial charge is 0.444 e. The third kappa shape index (κ3) is 3.50. The number of aliphatic hydroxyl groups is 1. The minimum atomic E-state index is -1.14. The molecule has 0 aliphatic carbocycles. The highest BCUT2D eigenvalue weighted by Gasteiger charge is 2.39. The molecule has 1 aromatic carbocycles. The molecule has 21 heavy (non-hydrogen) atoms. The van der Waals surface area contributed by atoms with Crippen molar-refractivity contribution < 1.29 is 23.4 Å². The second kappa shape index (κ2) is 5.60. The summed E-state index contributed by atoms with van der Waals surface area (Å²) in [4.78, 5) is 13.2. The summed E-state index contributed by atoms with van der Waals surface area (Å²) < 4.78 is 31.9. The van der Waals surface area contributed by atoms with Crippen molar-refractivity contribution >= 4 is 6.09 Å². The van der Waals surface area contributed by atoms with Crippen LogP contribution in [0.25, 0.3) is 0 Å². The van der Waals surface area contributed by atoms with E-state index in [1.165, 1.54) is 17.0 Å². The van der Waals surface area contributed by atoms with Gasteiger partial charge in [0.2, 0.25) is 0 Å². The number of carbonyl (C=O) groups excluding carboxylic acids is 1. The standard InChI is InChI=1S/C15H19F2NO3/c1-15(2,3)21-14(20)18-7-9(8-18)13(19)10-5-4-6-11(16)12(10)17/h4-6,9,13,19H,7-8H2,1-3H3. The van der Waals surface area contributed by atoms with Crippen LogP contribution in [0.2, 0.25) is 0 Å². The van der Waals surface area contributed by atoms with Crippen LogP contribution >= 0.6 is 0 Å². The van der Waals surface area contributed by atoms with Crippen molar-refractivity contribution in [2.24, 2.45) is 5.92 Å². The molecular weight excluding hydrogens is 280 g/mol. The number of nitrogens with zero attached hydrogens (tertiary/aromatic N) is 1. The summed E-state index contributed by atoms with van der Waals surface area (Å²) >= 11 is 0. The molecule has 1 aliphatic heterocycles. The molecule has 1 aliphatic rings. The van der Waals surface area contributed by atoms with Crippen molar-refractivity contribution in [1.29, 1.82) is 0 Å². The lowest BCUT2D eigenvalue weighted by atomic mass is 9.89. The van der Waals surface area contributed by atoms with Gasteiger partial charge in [0.05, 0.1) is 6.10 Å². The number of benzene rings is 1. The van der Waals surface area contributed by atoms with Crippen LogP contribution in [0.1, 0.15) is 32.4 Å². The summed E-state index contributed by atoms with van der Waals surface area (Å²) in [6, 6.07) is 3.69. The van der Waals surface area contributed by atoms with Crippen LogP contribution in [0.5, 0.6) is 0 Å². The monoisotopic (exact) mass is 299 g/mol. The molecule has 1 N–H and O–H groups in total. The molecule has 1 saturated heterocycles. The van der Waals surface area contributed by atoms with Crippen LogP contribution in [-0.2, 0) is 4.74 Å². The summed E-state index contributed by atoms with van der Waals surface area (Å²) in [5, 5.41) is 10.1. The normalized spacial score (nSPS) is 17.3. The average Bonchev–Trinajstić information content (AvgIpc) is 2.28. The molecule has 6 heteroatoms. The molecule has 4 nitrogen and oxygen atoms in total. The molecule has 1 atom stereocenters. The van der Waals surface area contributed by atoms with Crippen molar-refractivity contribution in [3.05, 3.63) is 35.4 Å². The van der Waals surface area contributed by atoms with Crippen LogP contribution in [0.15, 0.2) is 18.2 Å². The molecule has 0 aromatic heterocycles. The van der Waals surface area contributed by atoms with E-state index in [2.05, 4.69) is 0 Å². The molecular formula is C15H19F2NO3. The van der Waals surface area contributed by atoms with Gasteiger partial charge >= 0.3 is 6.09 Å². The molecule has 1 fully saturated rings. The zero-order valence-corrected chi connectivity index (χ0v) is 12.3. The van der Waals surface area contributed by atoms with E-state index in [1.54, 1.807) is 20.8 Å². The molecule has 0 spiro atoms. The summed E-state index contributed by atoms with van der Waals surface area (Å²) in [6.07, 6.45) is -1.61. The lowest BCUT2D eigenvalue weighted by Crippen LogP contribution is -2.53. The molecule has 116 valence electrons. The van der Waals surface area contributed by atoms with Gasteiger partial charge in [-0.1, -0.05) is 12.1 Å². The summed E-state index contributed by atoms with van der Waals surface area (Å²) in [6.45, 7) is 5.80. The Morgan fingerprint density at radius 2 is 2.00 bits per heavy atom. The molecule has 2 rings (SSSR count). The lowest BCUT2D eigenvalue weighted by molar-refractivity contribution is -0.0323. The van der Waals surface area contributed by atoms with Crippen LogP contribution in [0.3, 0.4) is 0 Å². The summed E-state index contributed by atoms with van der Waals surface area (Å²) in [5.41, 5.74) is -0.668. The minimum absolute atomic E-state index is 0.0798. The minimum Gasteiger partial charge on any atom is -0.444 e. The molecule has 0 bridgehead atoms. The molecule has 0 radical (unpaired) electrons. The van der Waals surface area contributed by atoms with Crippen LogP contribution in [-0.4, -0.2) is 34.8 Å². The van der Waals surface area contributed by atoms with Crippen molar-refractivity contribution in [1.82, 2.24) is 4.90 Å². The third-order valence-electron chi connectivity index (χ3n) is 3.31. The molecule has 1 heterocycles. The second-order valence-corrected chi connectivity index (χ2v) is 6.23. The lowest BCUT2D eigenvalue weighted by Gasteiger charge is -2.42. The molecule has 1 amide bonds. The fourth-order valence-corrected chi connectivity index (χ4v) is 2.19. The SMILES string of the molecule is CC(C)(C)OC(=O)N1CC(C(O)c2cccc(F)c2F)C1. The Morgan fingerprint density at radius 1 is 1.38 bits per heavy atom. The van der Waals surface area contributed by atoms with Gasteiger partial charge in [-0.3, -0.25) is 0 Å². The Morgan fingerprint density at radius 3 is 2.57 bits per heavy atom. The predicted molar refractivity (Wildman–Crippen MR) is 72.6 cm³/mol. The van der Waals surface area contributed by atoms with E-state index in [9.17, 15) is 18.7 Å². The van der Waals surface area contributed by atoms with Crippen LogP contribution in [0.4, 0.5) is 13.6 Å². The third-order valence-corrected chi connectivity index (χ3v) is 3.31. The zero-order valence-electron chi connectivity index (χ0n) is 12.3. The van der Waals surface area contributed by atoms with E-state index < -0.39 is 29.4 Å². The Bertz CT molecular complexity index is 536. The van der Waals surface area contributed by atoms with Gasteiger partial charge in [0.25, 0.3) is 0 Å². The van der Waals surface area contributed by atoms with Gasteiger partial charge < -0.3 is 14.7 Å². The number of aliphatic hydroxyl groups excluding tert-OH is 1. The highest BCUT2D eigenvalue weighted by atomic mass is 19.2. The number of carbonyl (C=O) groups is 1. The average molecular weight is 299 g/mol. The fourth-order valence-electron chi connectivity index (χ4n) is 2.19. The highest BCUT2D eigenvalue weighted by molar-refractivity contribution is 5.69. The first-order chi connectivity index (χ1) is 9.69. The number of ether oxygens (including phenoxy) is 1. The summed E-state index contributed by atoms with van der Waals surface area (Å²) in [7, 11) is 0. The maximum atomic E-state index is 13.6. The number of hydrogen-bond acceptors (Lipinski definition) is 3. The molecule has 1 aromatic rings. The maximum absolute atomic E-state index is 13.6. The fraction of sp³-hybridized carbons (Fsp3) is 0.533. The zero-order chi connectivity index (χ0) is 15.8.